The van der Waals surface area contributed by atoms with Gasteiger partial charge >= 0.3 is 11.7 Å². The summed E-state index contributed by atoms with van der Waals surface area (Å²) < 4.78 is 41.9. The normalized spacial score (nSPS) is 13.2. The summed E-state index contributed by atoms with van der Waals surface area (Å²) in [5.41, 5.74) is -5.69. The predicted molar refractivity (Wildman–Crippen MR) is 150 cm³/mol. The van der Waals surface area contributed by atoms with E-state index in [-0.39, 0.29) is 28.0 Å². The Labute approximate surface area is 253 Å². The number of carbonyl (C=O) groups excluding carboxylic acids is 4. The number of amides is 2. The minimum absolute atomic E-state index is 0.0564. The highest BCUT2D eigenvalue weighted by Crippen LogP contribution is 2.32. The molecule has 17 nitrogen and oxygen atoms in total. The van der Waals surface area contributed by atoms with Crippen LogP contribution >= 0.6 is 0 Å². The van der Waals surface area contributed by atoms with Crippen LogP contribution in [0.2, 0.25) is 0 Å². The van der Waals surface area contributed by atoms with Crippen molar-refractivity contribution in [2.45, 2.75) is 19.0 Å². The van der Waals surface area contributed by atoms with E-state index in [2.05, 4.69) is 25.3 Å². The average molecular weight is 646 g/mol. The fourth-order valence-corrected chi connectivity index (χ4v) is 4.73. The standard InChI is InChI=1S/C26H22F3N9O8/c1-36-18-13(11-33-25(35-18)37-6-2-3-7-37)17(15(22(36)44)21(43)31-5-9-40)46-38-19-12(10-32-24(34-19)26(27,28)29)16(41)14(23(38)45)20(42)30-4-8-39/h8-11,41H,2-7H2,1H3,(H,30,42)(H,31,43). The molecule has 240 valence electrons. The highest BCUT2D eigenvalue weighted by molar-refractivity contribution is 6.03. The molecule has 0 aliphatic carbocycles. The van der Waals surface area contributed by atoms with Crippen LogP contribution in [-0.4, -0.2) is 84.9 Å². The molecule has 4 aromatic heterocycles. The van der Waals surface area contributed by atoms with Crippen LogP contribution in [0.5, 0.6) is 11.5 Å². The number of hydrogen-bond donors (Lipinski definition) is 3. The largest absolute Gasteiger partial charge is 0.506 e. The molecule has 1 aliphatic heterocycles. The van der Waals surface area contributed by atoms with Gasteiger partial charge in [-0.3, -0.25) is 23.7 Å². The van der Waals surface area contributed by atoms with Gasteiger partial charge in [0.1, 0.15) is 18.3 Å². The topological polar surface area (TPSA) is 221 Å². The summed E-state index contributed by atoms with van der Waals surface area (Å²) in [5.74, 6) is -5.97. The van der Waals surface area contributed by atoms with E-state index >= 15 is 0 Å². The number of rotatable bonds is 9. The minimum Gasteiger partial charge on any atom is -0.506 e. The minimum atomic E-state index is -5.15. The highest BCUT2D eigenvalue weighted by Gasteiger charge is 2.36. The summed E-state index contributed by atoms with van der Waals surface area (Å²) >= 11 is 0. The van der Waals surface area contributed by atoms with E-state index < -0.39 is 81.7 Å². The quantitative estimate of drug-likeness (QED) is 0.195. The molecule has 0 saturated carbocycles. The molecule has 0 unspecified atom stereocenters. The van der Waals surface area contributed by atoms with Gasteiger partial charge in [-0.05, 0) is 12.8 Å². The number of carbonyl (C=O) groups is 4. The van der Waals surface area contributed by atoms with Crippen molar-refractivity contribution in [2.75, 3.05) is 31.1 Å². The maximum absolute atomic E-state index is 13.7. The number of nitrogens with zero attached hydrogens (tertiary/aromatic N) is 7. The third kappa shape index (κ3) is 5.55. The van der Waals surface area contributed by atoms with Crippen LogP contribution in [-0.2, 0) is 22.8 Å². The highest BCUT2D eigenvalue weighted by atomic mass is 19.4. The molecule has 5 heterocycles. The number of halogens is 3. The number of aromatic hydroxyl groups is 1. The van der Waals surface area contributed by atoms with Gasteiger partial charge < -0.3 is 35.1 Å². The second kappa shape index (κ2) is 12.2. The van der Waals surface area contributed by atoms with E-state index in [1.165, 1.54) is 7.05 Å². The molecule has 4 aromatic rings. The zero-order valence-electron chi connectivity index (χ0n) is 23.6. The molecule has 0 bridgehead atoms. The molecular formula is C26H22F3N9O8. The van der Waals surface area contributed by atoms with E-state index in [9.17, 15) is 47.0 Å². The number of aldehydes is 2. The molecule has 1 saturated heterocycles. The number of hydrogen-bond acceptors (Lipinski definition) is 13. The van der Waals surface area contributed by atoms with Crippen molar-refractivity contribution < 1.29 is 42.3 Å². The van der Waals surface area contributed by atoms with Crippen LogP contribution in [0, 0.1) is 0 Å². The van der Waals surface area contributed by atoms with Crippen molar-refractivity contribution in [3.63, 3.8) is 0 Å². The Morgan fingerprint density at radius 1 is 0.935 bits per heavy atom. The van der Waals surface area contributed by atoms with Gasteiger partial charge in [0, 0.05) is 32.5 Å². The number of alkyl halides is 3. The fourth-order valence-electron chi connectivity index (χ4n) is 4.73. The number of anilines is 1. The SMILES string of the molecule is Cn1c(=O)c(C(=O)NCC=O)c(On2c(=O)c(C(=O)NCC=O)c(O)c3cnc(C(F)(F)F)nc32)c2cnc(N3CCCC3)nc21. The lowest BCUT2D eigenvalue weighted by Gasteiger charge is -2.20. The second-order valence-electron chi connectivity index (χ2n) is 9.77. The molecule has 5 rings (SSSR count). The van der Waals surface area contributed by atoms with Gasteiger partial charge in [0.25, 0.3) is 17.4 Å². The van der Waals surface area contributed by atoms with Crippen LogP contribution < -0.4 is 31.5 Å². The lowest BCUT2D eigenvalue weighted by atomic mass is 10.1. The van der Waals surface area contributed by atoms with E-state index in [4.69, 9.17) is 4.84 Å². The molecule has 20 heteroatoms. The van der Waals surface area contributed by atoms with Gasteiger partial charge in [0.15, 0.2) is 28.2 Å². The maximum Gasteiger partial charge on any atom is 0.451 e. The van der Waals surface area contributed by atoms with E-state index in [0.29, 0.717) is 25.6 Å². The van der Waals surface area contributed by atoms with Crippen LogP contribution in [0.4, 0.5) is 19.1 Å². The van der Waals surface area contributed by atoms with Crippen molar-refractivity contribution in [1.29, 1.82) is 0 Å². The Kier molecular flexibility index (Phi) is 8.35. The number of pyridine rings is 2. The van der Waals surface area contributed by atoms with E-state index in [1.54, 1.807) is 0 Å². The van der Waals surface area contributed by atoms with Crippen LogP contribution in [0.25, 0.3) is 22.1 Å². The van der Waals surface area contributed by atoms with Crippen molar-refractivity contribution in [1.82, 2.24) is 39.9 Å². The van der Waals surface area contributed by atoms with Gasteiger partial charge in [0.05, 0.1) is 23.9 Å². The van der Waals surface area contributed by atoms with Crippen molar-refractivity contribution in [3.05, 3.63) is 50.1 Å². The molecule has 46 heavy (non-hydrogen) atoms. The first-order valence-corrected chi connectivity index (χ1v) is 13.4. The molecular weight excluding hydrogens is 623 g/mol. The molecule has 1 aliphatic rings. The monoisotopic (exact) mass is 645 g/mol. The fraction of sp³-hybridized carbons (Fsp3) is 0.308. The zero-order valence-corrected chi connectivity index (χ0v) is 23.6. The first-order chi connectivity index (χ1) is 21.9. The third-order valence-corrected chi connectivity index (χ3v) is 6.89. The summed E-state index contributed by atoms with van der Waals surface area (Å²) in [6.07, 6.45) is -1.24. The second-order valence-corrected chi connectivity index (χ2v) is 9.77. The first-order valence-electron chi connectivity index (χ1n) is 13.4. The number of aryl methyl sites for hydroxylation is 1. The predicted octanol–water partition coefficient (Wildman–Crippen LogP) is -0.542. The van der Waals surface area contributed by atoms with Crippen LogP contribution in [0.3, 0.4) is 0 Å². The smallest absolute Gasteiger partial charge is 0.451 e. The molecule has 1 fully saturated rings. The summed E-state index contributed by atoms with van der Waals surface area (Å²) in [7, 11) is 1.27. The lowest BCUT2D eigenvalue weighted by molar-refractivity contribution is -0.144. The summed E-state index contributed by atoms with van der Waals surface area (Å²) in [6, 6.07) is 0. The Balaban J connectivity index is 1.85. The molecule has 0 spiro atoms. The number of nitrogens with one attached hydrogen (secondary N) is 2. The van der Waals surface area contributed by atoms with Gasteiger partial charge in [-0.1, -0.05) is 0 Å². The van der Waals surface area contributed by atoms with Gasteiger partial charge in [-0.2, -0.15) is 18.2 Å². The zero-order chi connectivity index (χ0) is 33.3. The molecule has 0 radical (unpaired) electrons. The Bertz CT molecular complexity index is 2040. The van der Waals surface area contributed by atoms with Crippen LogP contribution in [0.1, 0.15) is 39.4 Å². The number of aromatic nitrogens is 6. The van der Waals surface area contributed by atoms with E-state index in [0.717, 1.165) is 23.6 Å². The molecule has 3 N–H and O–H groups in total. The third-order valence-electron chi connectivity index (χ3n) is 6.89. The van der Waals surface area contributed by atoms with Gasteiger partial charge in [0.2, 0.25) is 11.8 Å². The first kappa shape index (κ1) is 31.5. The molecule has 2 amide bonds. The van der Waals surface area contributed by atoms with Gasteiger partial charge in [-0.15, -0.1) is 4.73 Å². The van der Waals surface area contributed by atoms with Crippen molar-refractivity contribution in [3.8, 4) is 11.5 Å². The van der Waals surface area contributed by atoms with Gasteiger partial charge in [-0.25, -0.2) is 15.0 Å². The Hall–Kier alpha value is -5.95. The summed E-state index contributed by atoms with van der Waals surface area (Å²) in [5, 5.41) is 14.1. The van der Waals surface area contributed by atoms with Crippen LogP contribution in [0.15, 0.2) is 22.0 Å². The van der Waals surface area contributed by atoms with Crippen molar-refractivity contribution in [2.24, 2.45) is 7.05 Å². The lowest BCUT2D eigenvalue weighted by Crippen LogP contribution is -2.38. The van der Waals surface area contributed by atoms with Crippen molar-refractivity contribution >= 4 is 52.4 Å². The summed E-state index contributed by atoms with van der Waals surface area (Å²) in [6.45, 7) is 0.0482. The Morgan fingerprint density at radius 3 is 2.15 bits per heavy atom. The average Bonchev–Trinajstić information content (AvgIpc) is 3.57. The van der Waals surface area contributed by atoms with E-state index in [1.807, 2.05) is 10.2 Å². The maximum atomic E-state index is 13.7. The molecule has 0 atom stereocenters. The summed E-state index contributed by atoms with van der Waals surface area (Å²) in [4.78, 5) is 97.7. The molecule has 0 aromatic carbocycles. The Morgan fingerprint density at radius 2 is 1.54 bits per heavy atom. The number of fused-ring (bicyclic) bond motifs is 2.